The van der Waals surface area contributed by atoms with Gasteiger partial charge in [0.05, 0.1) is 5.56 Å². The van der Waals surface area contributed by atoms with Crippen LogP contribution in [0.25, 0.3) is 10.8 Å². The summed E-state index contributed by atoms with van der Waals surface area (Å²) in [5.74, 6) is 1.19. The minimum Gasteiger partial charge on any atom is -0.359 e. The Hall–Kier alpha value is -3.74. The summed E-state index contributed by atoms with van der Waals surface area (Å²) in [4.78, 5) is 21.4. The Kier molecular flexibility index (Phi) is 4.72. The van der Waals surface area contributed by atoms with Crippen LogP contribution < -0.4 is 10.6 Å². The Balaban J connectivity index is 1.61. The number of rotatable bonds is 4. The van der Waals surface area contributed by atoms with Crippen molar-refractivity contribution >= 4 is 34.0 Å². The number of carbonyl (C=O) groups excluding carboxylic acids is 1. The van der Waals surface area contributed by atoms with E-state index in [1.54, 1.807) is 36.8 Å². The Bertz CT molecular complexity index is 1170. The third kappa shape index (κ3) is 3.94. The van der Waals surface area contributed by atoms with E-state index >= 15 is 0 Å². The van der Waals surface area contributed by atoms with Gasteiger partial charge in [0.2, 0.25) is 0 Å². The number of hydrogen-bond donors (Lipinski definition) is 2. The summed E-state index contributed by atoms with van der Waals surface area (Å²) >= 11 is 0. The number of amides is 1. The van der Waals surface area contributed by atoms with Crippen molar-refractivity contribution in [1.82, 2.24) is 15.1 Å². The van der Waals surface area contributed by atoms with Gasteiger partial charge >= 0.3 is 0 Å². The molecule has 7 nitrogen and oxygen atoms in total. The third-order valence-electron chi connectivity index (χ3n) is 4.48. The molecule has 146 valence electrons. The summed E-state index contributed by atoms with van der Waals surface area (Å²) < 4.78 is 5.34. The molecule has 7 heteroatoms. The normalized spacial score (nSPS) is 11.4. The molecule has 0 unspecified atom stereocenters. The van der Waals surface area contributed by atoms with E-state index in [4.69, 9.17) is 4.52 Å². The molecule has 3 heterocycles. The van der Waals surface area contributed by atoms with E-state index in [9.17, 15) is 4.79 Å². The first kappa shape index (κ1) is 18.6. The number of nitrogens with one attached hydrogen (secondary N) is 2. The molecule has 1 aromatic carbocycles. The maximum atomic E-state index is 12.9. The maximum Gasteiger partial charge on any atom is 0.260 e. The third-order valence-corrected chi connectivity index (χ3v) is 4.48. The topological polar surface area (TPSA) is 92.9 Å². The molecule has 2 N–H and O–H groups in total. The lowest BCUT2D eigenvalue weighted by Crippen LogP contribution is -2.15. The zero-order valence-corrected chi connectivity index (χ0v) is 16.4. The molecule has 0 fully saturated rings. The fourth-order valence-electron chi connectivity index (χ4n) is 2.92. The molecule has 0 aliphatic heterocycles. The fourth-order valence-corrected chi connectivity index (χ4v) is 2.92. The smallest absolute Gasteiger partial charge is 0.260 e. The lowest BCUT2D eigenvalue weighted by atomic mass is 9.93. The molecular formula is C22H21N5O2. The van der Waals surface area contributed by atoms with Gasteiger partial charge in [-0.1, -0.05) is 38.1 Å². The summed E-state index contributed by atoms with van der Waals surface area (Å²) in [5, 5.41) is 12.0. The van der Waals surface area contributed by atoms with E-state index in [2.05, 4.69) is 25.8 Å². The second-order valence-electron chi connectivity index (χ2n) is 7.71. The van der Waals surface area contributed by atoms with E-state index in [-0.39, 0.29) is 11.3 Å². The van der Waals surface area contributed by atoms with Crippen LogP contribution in [0.15, 0.2) is 65.6 Å². The summed E-state index contributed by atoms with van der Waals surface area (Å²) in [6.45, 7) is 6.05. The van der Waals surface area contributed by atoms with Crippen molar-refractivity contribution < 1.29 is 9.32 Å². The van der Waals surface area contributed by atoms with E-state index in [0.717, 1.165) is 16.5 Å². The molecule has 0 atom stereocenters. The molecule has 4 aromatic rings. The number of carbonyl (C=O) groups is 1. The van der Waals surface area contributed by atoms with Crippen molar-refractivity contribution in [2.75, 3.05) is 10.6 Å². The van der Waals surface area contributed by atoms with Gasteiger partial charge in [-0.2, -0.15) is 0 Å². The molecule has 4 rings (SSSR count). The summed E-state index contributed by atoms with van der Waals surface area (Å²) in [6, 6.07) is 12.9. The highest BCUT2D eigenvalue weighted by molar-refractivity contribution is 6.08. The molecule has 0 radical (unpaired) electrons. The number of nitrogens with zero attached hydrogens (tertiary/aromatic N) is 3. The van der Waals surface area contributed by atoms with Gasteiger partial charge < -0.3 is 15.2 Å². The average Bonchev–Trinajstić information content (AvgIpc) is 3.18. The van der Waals surface area contributed by atoms with Crippen LogP contribution in [-0.2, 0) is 5.41 Å². The number of aromatic nitrogens is 3. The van der Waals surface area contributed by atoms with E-state index in [1.807, 2.05) is 45.0 Å². The highest BCUT2D eigenvalue weighted by atomic mass is 16.5. The second kappa shape index (κ2) is 7.35. The van der Waals surface area contributed by atoms with Crippen molar-refractivity contribution in [3.05, 3.63) is 72.4 Å². The van der Waals surface area contributed by atoms with Gasteiger partial charge in [-0.05, 0) is 24.3 Å². The van der Waals surface area contributed by atoms with Gasteiger partial charge in [0.1, 0.15) is 11.6 Å². The minimum atomic E-state index is -0.323. The minimum absolute atomic E-state index is 0.194. The standard InChI is InChI=1S/C22H21N5O2/c1-22(2,3)18-12-19(27-29-18)26-21(28)16-7-5-10-24-20(16)25-17-8-4-6-14-13-23-11-9-15(14)17/h4-13H,1-3H3,(H,24,25)(H,26,27,28). The summed E-state index contributed by atoms with van der Waals surface area (Å²) in [6.07, 6.45) is 5.17. The van der Waals surface area contributed by atoms with Gasteiger partial charge in [-0.25, -0.2) is 4.98 Å². The molecule has 0 saturated heterocycles. The van der Waals surface area contributed by atoms with E-state index in [0.29, 0.717) is 23.0 Å². The second-order valence-corrected chi connectivity index (χ2v) is 7.71. The van der Waals surface area contributed by atoms with Gasteiger partial charge in [0.25, 0.3) is 5.91 Å². The number of fused-ring (bicyclic) bond motifs is 1. The predicted molar refractivity (Wildman–Crippen MR) is 112 cm³/mol. The van der Waals surface area contributed by atoms with Crippen LogP contribution in [0.5, 0.6) is 0 Å². The van der Waals surface area contributed by atoms with Gasteiger partial charge in [0, 0.05) is 46.5 Å². The first-order chi connectivity index (χ1) is 13.9. The monoisotopic (exact) mass is 387 g/mol. The van der Waals surface area contributed by atoms with Crippen molar-refractivity contribution in [2.24, 2.45) is 0 Å². The van der Waals surface area contributed by atoms with Crippen LogP contribution in [-0.4, -0.2) is 21.0 Å². The average molecular weight is 387 g/mol. The maximum absolute atomic E-state index is 12.9. The summed E-state index contributed by atoms with van der Waals surface area (Å²) in [7, 11) is 0. The molecule has 0 spiro atoms. The Morgan fingerprint density at radius 3 is 2.72 bits per heavy atom. The molecule has 0 bridgehead atoms. The molecule has 29 heavy (non-hydrogen) atoms. The lowest BCUT2D eigenvalue weighted by Gasteiger charge is -2.12. The highest BCUT2D eigenvalue weighted by Gasteiger charge is 2.21. The Morgan fingerprint density at radius 1 is 1.07 bits per heavy atom. The summed E-state index contributed by atoms with van der Waals surface area (Å²) in [5.41, 5.74) is 1.05. The largest absolute Gasteiger partial charge is 0.359 e. The van der Waals surface area contributed by atoms with Crippen LogP contribution in [0.1, 0.15) is 36.9 Å². The van der Waals surface area contributed by atoms with Crippen LogP contribution in [0, 0.1) is 0 Å². The Morgan fingerprint density at radius 2 is 1.93 bits per heavy atom. The van der Waals surface area contributed by atoms with Gasteiger partial charge in [-0.3, -0.25) is 9.78 Å². The molecule has 3 aromatic heterocycles. The highest BCUT2D eigenvalue weighted by Crippen LogP contribution is 2.28. The van der Waals surface area contributed by atoms with Gasteiger partial charge in [-0.15, -0.1) is 0 Å². The number of pyridine rings is 2. The molecule has 0 saturated carbocycles. The fraction of sp³-hybridized carbons (Fsp3) is 0.182. The van der Waals surface area contributed by atoms with Crippen molar-refractivity contribution in [3.63, 3.8) is 0 Å². The lowest BCUT2D eigenvalue weighted by molar-refractivity contribution is 0.102. The van der Waals surface area contributed by atoms with Crippen LogP contribution in [0.2, 0.25) is 0 Å². The SMILES string of the molecule is CC(C)(C)c1cc(NC(=O)c2cccnc2Nc2cccc3cnccc23)no1. The number of benzene rings is 1. The molecule has 0 aliphatic rings. The first-order valence-corrected chi connectivity index (χ1v) is 9.25. The Labute approximate surface area is 168 Å². The van der Waals surface area contributed by atoms with Crippen LogP contribution in [0.4, 0.5) is 17.3 Å². The van der Waals surface area contributed by atoms with Crippen molar-refractivity contribution in [1.29, 1.82) is 0 Å². The predicted octanol–water partition coefficient (Wildman–Crippen LogP) is 4.91. The van der Waals surface area contributed by atoms with E-state index < -0.39 is 0 Å². The molecular weight excluding hydrogens is 366 g/mol. The van der Waals surface area contributed by atoms with E-state index in [1.165, 1.54) is 0 Å². The molecule has 0 aliphatic carbocycles. The molecule has 1 amide bonds. The van der Waals surface area contributed by atoms with Crippen molar-refractivity contribution in [3.8, 4) is 0 Å². The van der Waals surface area contributed by atoms with Gasteiger partial charge in [0.15, 0.2) is 5.82 Å². The zero-order chi connectivity index (χ0) is 20.4. The number of anilines is 3. The van der Waals surface area contributed by atoms with Crippen molar-refractivity contribution in [2.45, 2.75) is 26.2 Å². The van der Waals surface area contributed by atoms with Crippen LogP contribution in [0.3, 0.4) is 0 Å². The zero-order valence-electron chi connectivity index (χ0n) is 16.4. The quantitative estimate of drug-likeness (QED) is 0.517. The first-order valence-electron chi connectivity index (χ1n) is 9.25. The number of hydrogen-bond acceptors (Lipinski definition) is 6. The van der Waals surface area contributed by atoms with Crippen LogP contribution >= 0.6 is 0 Å².